The van der Waals surface area contributed by atoms with Crippen LogP contribution in [0.25, 0.3) is 0 Å². The van der Waals surface area contributed by atoms with Gasteiger partial charge in [-0.05, 0) is 72.7 Å². The summed E-state index contributed by atoms with van der Waals surface area (Å²) >= 11 is 0. The maximum absolute atomic E-state index is 14.3. The van der Waals surface area contributed by atoms with Crippen molar-refractivity contribution in [1.82, 2.24) is 0 Å². The van der Waals surface area contributed by atoms with Crippen LogP contribution in [0, 0.1) is 11.7 Å². The summed E-state index contributed by atoms with van der Waals surface area (Å²) in [5, 5.41) is 0. The van der Waals surface area contributed by atoms with E-state index in [1.807, 2.05) is 48.5 Å². The molecule has 0 radical (unpaired) electrons. The lowest BCUT2D eigenvalue weighted by Gasteiger charge is -2.36. The minimum absolute atomic E-state index is 0.152. The molecule has 3 aromatic carbocycles. The molecular formula is C30H33FO2. The number of rotatable bonds is 12. The van der Waals surface area contributed by atoms with Gasteiger partial charge in [0.15, 0.2) is 11.6 Å². The molecule has 1 atom stereocenters. The van der Waals surface area contributed by atoms with Crippen molar-refractivity contribution >= 4 is 0 Å². The Morgan fingerprint density at radius 3 is 2.30 bits per heavy atom. The van der Waals surface area contributed by atoms with E-state index in [1.165, 1.54) is 11.6 Å². The normalized spacial score (nSPS) is 12.7. The molecule has 0 N–H and O–H groups in total. The molecule has 0 saturated heterocycles. The van der Waals surface area contributed by atoms with E-state index in [-0.39, 0.29) is 17.0 Å². The maximum Gasteiger partial charge on any atom is 0.165 e. The highest BCUT2D eigenvalue weighted by atomic mass is 19.1. The van der Waals surface area contributed by atoms with Gasteiger partial charge in [0, 0.05) is 5.41 Å². The van der Waals surface area contributed by atoms with Gasteiger partial charge in [-0.1, -0.05) is 69.0 Å². The van der Waals surface area contributed by atoms with E-state index in [0.717, 1.165) is 30.6 Å². The number of halogens is 1. The molecule has 0 aliphatic carbocycles. The summed E-state index contributed by atoms with van der Waals surface area (Å²) in [5.41, 5.74) is 2.13. The first-order chi connectivity index (χ1) is 16.0. The standard InChI is InChI=1S/C30H33FO2/c1-5-21-32-26-17-15-25(16-18-26)30(6-2,23(3)4)20-10-11-24-14-19-28(31)29(22-24)33-27-12-8-7-9-13-27/h5-9,12-19,22-23H,1-2,10-11,20-21H2,3-4H3. The van der Waals surface area contributed by atoms with Gasteiger partial charge < -0.3 is 9.47 Å². The van der Waals surface area contributed by atoms with Crippen LogP contribution >= 0.6 is 0 Å². The van der Waals surface area contributed by atoms with E-state index < -0.39 is 0 Å². The fourth-order valence-electron chi connectivity index (χ4n) is 4.22. The summed E-state index contributed by atoms with van der Waals surface area (Å²) in [5.74, 6) is 1.73. The summed E-state index contributed by atoms with van der Waals surface area (Å²) in [7, 11) is 0. The number of aryl methyl sites for hydroxylation is 1. The zero-order valence-corrected chi connectivity index (χ0v) is 19.6. The molecule has 3 aromatic rings. The lowest BCUT2D eigenvalue weighted by molar-refractivity contribution is 0.346. The van der Waals surface area contributed by atoms with Crippen LogP contribution in [-0.2, 0) is 11.8 Å². The predicted octanol–water partition coefficient (Wildman–Crippen LogP) is 8.29. The van der Waals surface area contributed by atoms with Gasteiger partial charge in [-0.25, -0.2) is 4.39 Å². The molecule has 3 rings (SSSR count). The fourth-order valence-corrected chi connectivity index (χ4v) is 4.22. The van der Waals surface area contributed by atoms with Crippen LogP contribution in [0.15, 0.2) is 98.1 Å². The Morgan fingerprint density at radius 1 is 0.939 bits per heavy atom. The number of para-hydroxylation sites is 1. The second-order valence-corrected chi connectivity index (χ2v) is 8.56. The SMILES string of the molecule is C=CCOc1ccc(C(C=C)(CCCc2ccc(F)c(Oc3ccccc3)c2)C(C)C)cc1. The van der Waals surface area contributed by atoms with Crippen molar-refractivity contribution in [2.24, 2.45) is 5.92 Å². The average molecular weight is 445 g/mol. The third kappa shape index (κ3) is 6.13. The average Bonchev–Trinajstić information content (AvgIpc) is 2.83. The van der Waals surface area contributed by atoms with Crippen LogP contribution in [0.5, 0.6) is 17.2 Å². The maximum atomic E-state index is 14.3. The van der Waals surface area contributed by atoms with E-state index in [4.69, 9.17) is 9.47 Å². The van der Waals surface area contributed by atoms with Gasteiger partial charge in [0.2, 0.25) is 0 Å². The zero-order chi connectivity index (χ0) is 23.7. The van der Waals surface area contributed by atoms with Crippen LogP contribution < -0.4 is 9.47 Å². The molecule has 0 aromatic heterocycles. The monoisotopic (exact) mass is 444 g/mol. The summed E-state index contributed by atoms with van der Waals surface area (Å²) in [6, 6.07) is 22.7. The van der Waals surface area contributed by atoms with Crippen LogP contribution in [0.2, 0.25) is 0 Å². The summed E-state index contributed by atoms with van der Waals surface area (Å²) < 4.78 is 25.7. The van der Waals surface area contributed by atoms with E-state index in [9.17, 15) is 4.39 Å². The Balaban J connectivity index is 1.71. The first-order valence-electron chi connectivity index (χ1n) is 11.5. The first-order valence-corrected chi connectivity index (χ1v) is 11.5. The van der Waals surface area contributed by atoms with Crippen molar-refractivity contribution in [2.45, 2.75) is 38.5 Å². The predicted molar refractivity (Wildman–Crippen MR) is 135 cm³/mol. The van der Waals surface area contributed by atoms with E-state index in [0.29, 0.717) is 18.3 Å². The third-order valence-corrected chi connectivity index (χ3v) is 6.18. The van der Waals surface area contributed by atoms with Gasteiger partial charge in [0.25, 0.3) is 0 Å². The molecule has 0 fully saturated rings. The summed E-state index contributed by atoms with van der Waals surface area (Å²) in [6.07, 6.45) is 6.52. The first kappa shape index (κ1) is 24.3. The van der Waals surface area contributed by atoms with Crippen LogP contribution in [0.3, 0.4) is 0 Å². The molecule has 0 spiro atoms. The zero-order valence-electron chi connectivity index (χ0n) is 19.6. The minimum atomic E-state index is -0.357. The van der Waals surface area contributed by atoms with E-state index in [2.05, 4.69) is 45.2 Å². The van der Waals surface area contributed by atoms with Crippen molar-refractivity contribution in [3.8, 4) is 17.2 Å². The Bertz CT molecular complexity index is 1040. The Labute approximate surface area is 197 Å². The van der Waals surface area contributed by atoms with E-state index >= 15 is 0 Å². The van der Waals surface area contributed by atoms with Gasteiger partial charge in [-0.15, -0.1) is 6.58 Å². The lowest BCUT2D eigenvalue weighted by Crippen LogP contribution is -2.30. The van der Waals surface area contributed by atoms with Crippen molar-refractivity contribution in [3.05, 3.63) is 115 Å². The topological polar surface area (TPSA) is 18.5 Å². The number of benzene rings is 3. The highest BCUT2D eigenvalue weighted by molar-refractivity contribution is 5.37. The number of hydrogen-bond acceptors (Lipinski definition) is 2. The van der Waals surface area contributed by atoms with Gasteiger partial charge >= 0.3 is 0 Å². The Morgan fingerprint density at radius 2 is 1.67 bits per heavy atom. The number of ether oxygens (including phenoxy) is 2. The van der Waals surface area contributed by atoms with Crippen molar-refractivity contribution < 1.29 is 13.9 Å². The Hall–Kier alpha value is -3.33. The molecule has 2 nitrogen and oxygen atoms in total. The highest BCUT2D eigenvalue weighted by Crippen LogP contribution is 2.39. The van der Waals surface area contributed by atoms with E-state index in [1.54, 1.807) is 12.1 Å². The Kier molecular flexibility index (Phi) is 8.48. The van der Waals surface area contributed by atoms with Crippen molar-refractivity contribution in [1.29, 1.82) is 0 Å². The molecule has 172 valence electrons. The van der Waals surface area contributed by atoms with Gasteiger partial charge in [0.05, 0.1) is 0 Å². The molecule has 0 bridgehead atoms. The largest absolute Gasteiger partial charge is 0.490 e. The second-order valence-electron chi connectivity index (χ2n) is 8.56. The lowest BCUT2D eigenvalue weighted by atomic mass is 9.68. The molecular weight excluding hydrogens is 411 g/mol. The molecule has 0 saturated carbocycles. The molecule has 3 heteroatoms. The smallest absolute Gasteiger partial charge is 0.165 e. The van der Waals surface area contributed by atoms with Crippen molar-refractivity contribution in [2.75, 3.05) is 6.61 Å². The molecule has 33 heavy (non-hydrogen) atoms. The van der Waals surface area contributed by atoms with Crippen LogP contribution in [-0.4, -0.2) is 6.61 Å². The van der Waals surface area contributed by atoms with Crippen LogP contribution in [0.4, 0.5) is 4.39 Å². The molecule has 0 amide bonds. The summed E-state index contributed by atoms with van der Waals surface area (Å²) in [6.45, 7) is 12.8. The third-order valence-electron chi connectivity index (χ3n) is 6.18. The number of allylic oxidation sites excluding steroid dienone is 1. The van der Waals surface area contributed by atoms with Gasteiger partial charge in [0.1, 0.15) is 18.1 Å². The van der Waals surface area contributed by atoms with Gasteiger partial charge in [-0.3, -0.25) is 0 Å². The molecule has 0 aliphatic heterocycles. The molecule has 0 heterocycles. The number of hydrogen-bond donors (Lipinski definition) is 0. The highest BCUT2D eigenvalue weighted by Gasteiger charge is 2.32. The molecule has 0 aliphatic rings. The van der Waals surface area contributed by atoms with Crippen molar-refractivity contribution in [3.63, 3.8) is 0 Å². The second kappa shape index (κ2) is 11.5. The fraction of sp³-hybridized carbons (Fsp3) is 0.267. The molecule has 1 unspecified atom stereocenters. The quantitative estimate of drug-likeness (QED) is 0.262. The minimum Gasteiger partial charge on any atom is -0.490 e. The van der Waals surface area contributed by atoms with Crippen LogP contribution in [0.1, 0.15) is 37.8 Å². The summed E-state index contributed by atoms with van der Waals surface area (Å²) in [4.78, 5) is 0. The van der Waals surface area contributed by atoms with Gasteiger partial charge in [-0.2, -0.15) is 0 Å².